The molecule has 1 aromatic carbocycles. The summed E-state index contributed by atoms with van der Waals surface area (Å²) in [6, 6.07) is 5.51. The molecule has 1 aliphatic heterocycles. The van der Waals surface area contributed by atoms with Gasteiger partial charge in [-0.15, -0.1) is 0 Å². The highest BCUT2D eigenvalue weighted by Crippen LogP contribution is 2.17. The van der Waals surface area contributed by atoms with E-state index in [0.717, 1.165) is 31.5 Å². The molecular weight excluding hydrogens is 321 g/mol. The summed E-state index contributed by atoms with van der Waals surface area (Å²) < 4.78 is 13.0. The molecule has 1 aromatic rings. The zero-order valence-corrected chi connectivity index (χ0v) is 15.0. The predicted molar refractivity (Wildman–Crippen MR) is 95.2 cm³/mol. The van der Waals surface area contributed by atoms with Crippen LogP contribution in [0.1, 0.15) is 38.7 Å². The molecule has 1 fully saturated rings. The van der Waals surface area contributed by atoms with Crippen molar-refractivity contribution in [2.45, 2.75) is 45.7 Å². The second-order valence-corrected chi connectivity index (χ2v) is 7.07. The fraction of sp³-hybridized carbons (Fsp3) is 0.579. The van der Waals surface area contributed by atoms with E-state index in [-0.39, 0.29) is 29.5 Å². The molecule has 6 heteroatoms. The minimum atomic E-state index is -0.520. The highest BCUT2D eigenvalue weighted by Gasteiger charge is 2.30. The first-order valence-corrected chi connectivity index (χ1v) is 8.98. The summed E-state index contributed by atoms with van der Waals surface area (Å²) in [5.74, 6) is -0.186. The Balaban J connectivity index is 1.98. The van der Waals surface area contributed by atoms with Crippen molar-refractivity contribution in [3.05, 3.63) is 35.6 Å². The van der Waals surface area contributed by atoms with E-state index in [9.17, 15) is 14.0 Å². The van der Waals surface area contributed by atoms with Crippen molar-refractivity contribution in [1.29, 1.82) is 0 Å². The standard InChI is InChI=1S/C19H28FN3O2/c1-13(2)11-17(24)23-18(15-7-9-21-10-8-15)19(25)22-12-14-3-5-16(20)6-4-14/h3-6,13,15,18,21H,7-12H2,1-2H3,(H,22,25)(H,23,24). The Hall–Kier alpha value is -1.95. The third-order valence-electron chi connectivity index (χ3n) is 4.43. The van der Waals surface area contributed by atoms with Crippen LogP contribution in [0, 0.1) is 17.7 Å². The maximum absolute atomic E-state index is 13.0. The number of hydrogen-bond donors (Lipinski definition) is 3. The normalized spacial score (nSPS) is 16.5. The van der Waals surface area contributed by atoms with Crippen LogP contribution in [-0.2, 0) is 16.1 Å². The molecule has 0 aromatic heterocycles. The van der Waals surface area contributed by atoms with Crippen LogP contribution in [0.5, 0.6) is 0 Å². The molecule has 1 atom stereocenters. The van der Waals surface area contributed by atoms with Gasteiger partial charge in [-0.3, -0.25) is 9.59 Å². The number of nitrogens with one attached hydrogen (secondary N) is 3. The highest BCUT2D eigenvalue weighted by molar-refractivity contribution is 5.88. The maximum atomic E-state index is 13.0. The van der Waals surface area contributed by atoms with Crippen LogP contribution < -0.4 is 16.0 Å². The second-order valence-electron chi connectivity index (χ2n) is 7.07. The van der Waals surface area contributed by atoms with E-state index >= 15 is 0 Å². The van der Waals surface area contributed by atoms with Crippen LogP contribution in [-0.4, -0.2) is 30.9 Å². The molecule has 0 aliphatic carbocycles. The highest BCUT2D eigenvalue weighted by atomic mass is 19.1. The summed E-state index contributed by atoms with van der Waals surface area (Å²) in [6.45, 7) is 5.99. The largest absolute Gasteiger partial charge is 0.350 e. The molecular formula is C19H28FN3O2. The maximum Gasteiger partial charge on any atom is 0.243 e. The van der Waals surface area contributed by atoms with Crippen LogP contribution in [0.25, 0.3) is 0 Å². The molecule has 0 bridgehead atoms. The summed E-state index contributed by atoms with van der Waals surface area (Å²) in [4.78, 5) is 24.9. The van der Waals surface area contributed by atoms with Gasteiger partial charge in [0.15, 0.2) is 0 Å². The minimum Gasteiger partial charge on any atom is -0.350 e. The molecule has 2 amide bonds. The minimum absolute atomic E-state index is 0.0875. The molecule has 2 rings (SSSR count). The van der Waals surface area contributed by atoms with Crippen molar-refractivity contribution in [3.63, 3.8) is 0 Å². The molecule has 25 heavy (non-hydrogen) atoms. The SMILES string of the molecule is CC(C)CC(=O)NC(C(=O)NCc1ccc(F)cc1)C1CCNCC1. The van der Waals surface area contributed by atoms with Gasteiger partial charge in [0, 0.05) is 13.0 Å². The average molecular weight is 349 g/mol. The summed E-state index contributed by atoms with van der Waals surface area (Å²) in [7, 11) is 0. The molecule has 1 saturated heterocycles. The number of halogens is 1. The molecule has 5 nitrogen and oxygen atoms in total. The lowest BCUT2D eigenvalue weighted by molar-refractivity contribution is -0.131. The first-order valence-electron chi connectivity index (χ1n) is 8.98. The number of carbonyl (C=O) groups excluding carboxylic acids is 2. The summed E-state index contributed by atoms with van der Waals surface area (Å²) in [5.41, 5.74) is 0.826. The monoisotopic (exact) mass is 349 g/mol. The number of hydrogen-bond acceptors (Lipinski definition) is 3. The Labute approximate surface area is 148 Å². The quantitative estimate of drug-likeness (QED) is 0.705. The van der Waals surface area contributed by atoms with Crippen molar-refractivity contribution in [3.8, 4) is 0 Å². The fourth-order valence-electron chi connectivity index (χ4n) is 3.08. The molecule has 1 unspecified atom stereocenters. The Morgan fingerprint density at radius 2 is 1.84 bits per heavy atom. The van der Waals surface area contributed by atoms with Crippen molar-refractivity contribution < 1.29 is 14.0 Å². The number of amides is 2. The van der Waals surface area contributed by atoms with Gasteiger partial charge in [-0.1, -0.05) is 26.0 Å². The predicted octanol–water partition coefficient (Wildman–Crippen LogP) is 1.97. The first kappa shape index (κ1) is 19.4. The van der Waals surface area contributed by atoms with Gasteiger partial charge in [0.1, 0.15) is 11.9 Å². The van der Waals surface area contributed by atoms with Crippen LogP contribution in [0.15, 0.2) is 24.3 Å². The molecule has 0 spiro atoms. The summed E-state index contributed by atoms with van der Waals surface area (Å²) in [6.07, 6.45) is 2.12. The van der Waals surface area contributed by atoms with Crippen LogP contribution in [0.2, 0.25) is 0 Å². The van der Waals surface area contributed by atoms with E-state index in [1.165, 1.54) is 12.1 Å². The van der Waals surface area contributed by atoms with Crippen LogP contribution in [0.4, 0.5) is 4.39 Å². The third-order valence-corrected chi connectivity index (χ3v) is 4.43. The number of carbonyl (C=O) groups is 2. The lowest BCUT2D eigenvalue weighted by Gasteiger charge is -2.30. The smallest absolute Gasteiger partial charge is 0.243 e. The van der Waals surface area contributed by atoms with E-state index < -0.39 is 6.04 Å². The molecule has 0 saturated carbocycles. The van der Waals surface area contributed by atoms with Gasteiger partial charge in [0.2, 0.25) is 11.8 Å². The Morgan fingerprint density at radius 1 is 1.20 bits per heavy atom. The van der Waals surface area contributed by atoms with E-state index in [1.807, 2.05) is 13.8 Å². The van der Waals surface area contributed by atoms with Crippen LogP contribution in [0.3, 0.4) is 0 Å². The summed E-state index contributed by atoms with van der Waals surface area (Å²) >= 11 is 0. The lowest BCUT2D eigenvalue weighted by Crippen LogP contribution is -2.53. The third kappa shape index (κ3) is 6.46. The molecule has 138 valence electrons. The fourth-order valence-corrected chi connectivity index (χ4v) is 3.08. The van der Waals surface area contributed by atoms with Gasteiger partial charge in [0.05, 0.1) is 0 Å². The van der Waals surface area contributed by atoms with Gasteiger partial charge in [-0.25, -0.2) is 4.39 Å². The summed E-state index contributed by atoms with van der Waals surface area (Å²) in [5, 5.41) is 9.08. The van der Waals surface area contributed by atoms with E-state index in [2.05, 4.69) is 16.0 Å². The van der Waals surface area contributed by atoms with E-state index in [1.54, 1.807) is 12.1 Å². The van der Waals surface area contributed by atoms with Crippen molar-refractivity contribution >= 4 is 11.8 Å². The van der Waals surface area contributed by atoms with Gasteiger partial charge in [-0.2, -0.15) is 0 Å². The first-order chi connectivity index (χ1) is 12.0. The zero-order chi connectivity index (χ0) is 18.2. The van der Waals surface area contributed by atoms with Crippen molar-refractivity contribution in [2.75, 3.05) is 13.1 Å². The number of piperidine rings is 1. The van der Waals surface area contributed by atoms with Crippen LogP contribution >= 0.6 is 0 Å². The van der Waals surface area contributed by atoms with Crippen molar-refractivity contribution in [2.24, 2.45) is 11.8 Å². The Kier molecular flexibility index (Phi) is 7.37. The second kappa shape index (κ2) is 9.51. The van der Waals surface area contributed by atoms with Gasteiger partial charge in [0.25, 0.3) is 0 Å². The lowest BCUT2D eigenvalue weighted by atomic mass is 9.89. The topological polar surface area (TPSA) is 70.2 Å². The molecule has 1 aliphatic rings. The zero-order valence-electron chi connectivity index (χ0n) is 15.0. The number of benzene rings is 1. The van der Waals surface area contributed by atoms with E-state index in [0.29, 0.717) is 13.0 Å². The van der Waals surface area contributed by atoms with Gasteiger partial charge in [-0.05, 0) is 55.5 Å². The average Bonchev–Trinajstić information content (AvgIpc) is 2.59. The van der Waals surface area contributed by atoms with Crippen molar-refractivity contribution in [1.82, 2.24) is 16.0 Å². The molecule has 1 heterocycles. The van der Waals surface area contributed by atoms with Gasteiger partial charge < -0.3 is 16.0 Å². The Morgan fingerprint density at radius 3 is 2.44 bits per heavy atom. The van der Waals surface area contributed by atoms with E-state index in [4.69, 9.17) is 0 Å². The molecule has 0 radical (unpaired) electrons. The van der Waals surface area contributed by atoms with Gasteiger partial charge >= 0.3 is 0 Å². The Bertz CT molecular complexity index is 569. The number of rotatable bonds is 7. The molecule has 3 N–H and O–H groups in total.